The van der Waals surface area contributed by atoms with Gasteiger partial charge in [-0.1, -0.05) is 0 Å². The average Bonchev–Trinajstić information content (AvgIpc) is 2.45. The van der Waals surface area contributed by atoms with Gasteiger partial charge in [-0.2, -0.15) is 18.4 Å². The highest BCUT2D eigenvalue weighted by Gasteiger charge is 2.34. The average molecular weight is 284 g/mol. The lowest BCUT2D eigenvalue weighted by Gasteiger charge is -2.33. The standard InChI is InChI=1S/C13H15F3N4/c1-20(10-3-2-6-18-8-10)12-9(7-17)4-5-11(19-12)13(14,15)16/h4-5,10,18H,2-3,6,8H2,1H3. The molecule has 1 N–H and O–H groups in total. The third-order valence-corrected chi connectivity index (χ3v) is 3.44. The van der Waals surface area contributed by atoms with Crippen LogP contribution in [0.15, 0.2) is 12.1 Å². The highest BCUT2D eigenvalue weighted by molar-refractivity contribution is 5.54. The molecule has 1 unspecified atom stereocenters. The first-order valence-corrected chi connectivity index (χ1v) is 6.35. The topological polar surface area (TPSA) is 52.0 Å². The van der Waals surface area contributed by atoms with Crippen LogP contribution in [0.4, 0.5) is 19.0 Å². The molecule has 0 bridgehead atoms. The van der Waals surface area contributed by atoms with E-state index in [1.807, 2.05) is 6.07 Å². The van der Waals surface area contributed by atoms with Gasteiger partial charge in [0.05, 0.1) is 5.56 Å². The van der Waals surface area contributed by atoms with Crippen molar-refractivity contribution in [2.24, 2.45) is 0 Å². The van der Waals surface area contributed by atoms with Gasteiger partial charge in [-0.05, 0) is 31.5 Å². The SMILES string of the molecule is CN(c1nc(C(F)(F)F)ccc1C#N)C1CCCNC1. The van der Waals surface area contributed by atoms with Gasteiger partial charge in [-0.15, -0.1) is 0 Å². The van der Waals surface area contributed by atoms with Crippen LogP contribution in [0.5, 0.6) is 0 Å². The van der Waals surface area contributed by atoms with Gasteiger partial charge in [0.15, 0.2) is 0 Å². The van der Waals surface area contributed by atoms with Gasteiger partial charge in [0, 0.05) is 19.6 Å². The molecule has 0 amide bonds. The highest BCUT2D eigenvalue weighted by atomic mass is 19.4. The predicted octanol–water partition coefficient (Wildman–Crippen LogP) is 2.16. The van der Waals surface area contributed by atoms with Crippen molar-refractivity contribution in [2.75, 3.05) is 25.0 Å². The summed E-state index contributed by atoms with van der Waals surface area (Å²) in [6, 6.07) is 3.97. The third kappa shape index (κ3) is 3.02. The largest absolute Gasteiger partial charge is 0.433 e. The number of piperidine rings is 1. The van der Waals surface area contributed by atoms with Crippen LogP contribution >= 0.6 is 0 Å². The number of alkyl halides is 3. The van der Waals surface area contributed by atoms with Gasteiger partial charge in [-0.25, -0.2) is 4.98 Å². The third-order valence-electron chi connectivity index (χ3n) is 3.44. The minimum absolute atomic E-state index is 0.0480. The Hall–Kier alpha value is -1.81. The summed E-state index contributed by atoms with van der Waals surface area (Å²) in [7, 11) is 1.68. The van der Waals surface area contributed by atoms with E-state index in [1.54, 1.807) is 11.9 Å². The lowest BCUT2D eigenvalue weighted by Crippen LogP contribution is -2.45. The molecule has 1 saturated heterocycles. The maximum Gasteiger partial charge on any atom is 0.433 e. The van der Waals surface area contributed by atoms with E-state index in [9.17, 15) is 13.2 Å². The molecular weight excluding hydrogens is 269 g/mol. The van der Waals surface area contributed by atoms with Gasteiger partial charge >= 0.3 is 6.18 Å². The summed E-state index contributed by atoms with van der Waals surface area (Å²) in [5.74, 6) is 0.0935. The fraction of sp³-hybridized carbons (Fsp3) is 0.538. The first-order chi connectivity index (χ1) is 9.43. The Morgan fingerprint density at radius 1 is 1.45 bits per heavy atom. The van der Waals surface area contributed by atoms with Crippen molar-refractivity contribution in [1.82, 2.24) is 10.3 Å². The van der Waals surface area contributed by atoms with E-state index >= 15 is 0 Å². The van der Waals surface area contributed by atoms with Crippen LogP contribution in [-0.4, -0.2) is 31.2 Å². The predicted molar refractivity (Wildman–Crippen MR) is 68.2 cm³/mol. The van der Waals surface area contributed by atoms with Crippen LogP contribution in [0.25, 0.3) is 0 Å². The minimum atomic E-state index is -4.51. The lowest BCUT2D eigenvalue weighted by molar-refractivity contribution is -0.141. The lowest BCUT2D eigenvalue weighted by atomic mass is 10.1. The molecule has 0 spiro atoms. The molecule has 7 heteroatoms. The van der Waals surface area contributed by atoms with Crippen molar-refractivity contribution in [2.45, 2.75) is 25.1 Å². The van der Waals surface area contributed by atoms with Gasteiger partial charge in [-0.3, -0.25) is 0 Å². The molecule has 1 aliphatic rings. The smallest absolute Gasteiger partial charge is 0.354 e. The van der Waals surface area contributed by atoms with Crippen LogP contribution < -0.4 is 10.2 Å². The summed E-state index contributed by atoms with van der Waals surface area (Å²) in [5.41, 5.74) is -0.812. The normalized spacial score (nSPS) is 19.4. The van der Waals surface area contributed by atoms with Crippen LogP contribution in [-0.2, 0) is 6.18 Å². The second-order valence-electron chi connectivity index (χ2n) is 4.79. The molecule has 1 fully saturated rings. The quantitative estimate of drug-likeness (QED) is 0.904. The number of nitrogens with zero attached hydrogens (tertiary/aromatic N) is 3. The molecule has 0 saturated carbocycles. The summed E-state index contributed by atoms with van der Waals surface area (Å²) in [4.78, 5) is 5.31. The van der Waals surface area contributed by atoms with Crippen molar-refractivity contribution in [1.29, 1.82) is 5.26 Å². The number of nitrogens with one attached hydrogen (secondary N) is 1. The number of likely N-dealkylation sites (N-methyl/N-ethyl adjacent to an activating group) is 1. The number of hydrogen-bond acceptors (Lipinski definition) is 4. The van der Waals surface area contributed by atoms with Gasteiger partial charge in [0.1, 0.15) is 17.6 Å². The summed E-state index contributed by atoms with van der Waals surface area (Å²) < 4.78 is 38.2. The fourth-order valence-electron chi connectivity index (χ4n) is 2.30. The summed E-state index contributed by atoms with van der Waals surface area (Å²) in [6.45, 7) is 1.59. The monoisotopic (exact) mass is 284 g/mol. The summed E-state index contributed by atoms with van der Waals surface area (Å²) in [5, 5.41) is 12.2. The minimum Gasteiger partial charge on any atom is -0.354 e. The van der Waals surface area contributed by atoms with Gasteiger partial charge in [0.25, 0.3) is 0 Å². The molecule has 2 heterocycles. The Balaban J connectivity index is 2.35. The molecule has 0 aromatic carbocycles. The van der Waals surface area contributed by atoms with Crippen LogP contribution in [0.2, 0.25) is 0 Å². The molecule has 20 heavy (non-hydrogen) atoms. The number of pyridine rings is 1. The van der Waals surface area contributed by atoms with E-state index in [-0.39, 0.29) is 17.4 Å². The highest BCUT2D eigenvalue weighted by Crippen LogP contribution is 2.31. The van der Waals surface area contributed by atoms with E-state index in [1.165, 1.54) is 6.07 Å². The van der Waals surface area contributed by atoms with Crippen molar-refractivity contribution >= 4 is 5.82 Å². The number of nitriles is 1. The zero-order chi connectivity index (χ0) is 14.8. The van der Waals surface area contributed by atoms with Crippen molar-refractivity contribution < 1.29 is 13.2 Å². The molecular formula is C13H15F3N4. The maximum absolute atomic E-state index is 12.7. The van der Waals surface area contributed by atoms with Gasteiger partial charge in [0.2, 0.25) is 0 Å². The number of halogens is 3. The second kappa shape index (κ2) is 5.67. The molecule has 4 nitrogen and oxygen atoms in total. The number of hydrogen-bond donors (Lipinski definition) is 1. The summed E-state index contributed by atoms with van der Waals surface area (Å²) in [6.07, 6.45) is -2.68. The second-order valence-corrected chi connectivity index (χ2v) is 4.79. The molecule has 0 radical (unpaired) electrons. The van der Waals surface area contributed by atoms with E-state index in [0.29, 0.717) is 6.54 Å². The fourth-order valence-corrected chi connectivity index (χ4v) is 2.30. The van der Waals surface area contributed by atoms with E-state index in [0.717, 1.165) is 25.5 Å². The molecule has 2 rings (SSSR count). The number of aromatic nitrogens is 1. The Labute approximate surface area is 115 Å². The molecule has 1 atom stereocenters. The van der Waals surface area contributed by atoms with E-state index in [4.69, 9.17) is 5.26 Å². The van der Waals surface area contributed by atoms with Crippen molar-refractivity contribution in [3.05, 3.63) is 23.4 Å². The number of rotatable bonds is 2. The molecule has 108 valence electrons. The van der Waals surface area contributed by atoms with Crippen molar-refractivity contribution in [3.63, 3.8) is 0 Å². The summed E-state index contributed by atoms with van der Waals surface area (Å²) >= 11 is 0. The van der Waals surface area contributed by atoms with Gasteiger partial charge < -0.3 is 10.2 Å². The Morgan fingerprint density at radius 3 is 2.75 bits per heavy atom. The first-order valence-electron chi connectivity index (χ1n) is 6.35. The number of anilines is 1. The van der Waals surface area contributed by atoms with E-state index < -0.39 is 11.9 Å². The van der Waals surface area contributed by atoms with Crippen molar-refractivity contribution in [3.8, 4) is 6.07 Å². The molecule has 0 aliphatic carbocycles. The maximum atomic E-state index is 12.7. The van der Waals surface area contributed by atoms with E-state index in [2.05, 4.69) is 10.3 Å². The molecule has 1 aromatic rings. The van der Waals surface area contributed by atoms with Crippen LogP contribution in [0.3, 0.4) is 0 Å². The van der Waals surface area contributed by atoms with Crippen LogP contribution in [0.1, 0.15) is 24.1 Å². The molecule has 1 aromatic heterocycles. The molecule has 1 aliphatic heterocycles. The Kier molecular flexibility index (Phi) is 4.14. The van der Waals surface area contributed by atoms with Crippen LogP contribution in [0, 0.1) is 11.3 Å². The Morgan fingerprint density at radius 2 is 2.20 bits per heavy atom. The Bertz CT molecular complexity index is 515. The zero-order valence-electron chi connectivity index (χ0n) is 11.0. The first kappa shape index (κ1) is 14.6. The zero-order valence-corrected chi connectivity index (χ0v) is 11.0.